The number of carbonyl (C=O) groups is 1. The van der Waals surface area contributed by atoms with Crippen LogP contribution < -0.4 is 10.6 Å². The third-order valence-corrected chi connectivity index (χ3v) is 4.13. The first kappa shape index (κ1) is 18.6. The number of hydrogen-bond donors (Lipinski definition) is 2. The van der Waals surface area contributed by atoms with Crippen molar-refractivity contribution in [3.05, 3.63) is 16.1 Å². The minimum atomic E-state index is -0.00522. The van der Waals surface area contributed by atoms with Gasteiger partial charge in [0.25, 0.3) is 0 Å². The molecule has 2 heterocycles. The second-order valence-corrected chi connectivity index (χ2v) is 5.49. The second-order valence-electron chi connectivity index (χ2n) is 4.29. The summed E-state index contributed by atoms with van der Waals surface area (Å²) in [5.74, 6) is 0.109. The van der Waals surface area contributed by atoms with E-state index in [9.17, 15) is 4.79 Å². The molecule has 19 heavy (non-hydrogen) atoms. The Morgan fingerprint density at radius 3 is 2.89 bits per heavy atom. The van der Waals surface area contributed by atoms with Crippen LogP contribution in [0.1, 0.15) is 36.1 Å². The number of thiazole rings is 1. The van der Waals surface area contributed by atoms with Gasteiger partial charge < -0.3 is 10.6 Å². The van der Waals surface area contributed by atoms with Gasteiger partial charge in [0, 0.05) is 11.1 Å². The smallest absolute Gasteiger partial charge is 0.237 e. The Kier molecular flexibility index (Phi) is 9.35. The lowest BCUT2D eigenvalue weighted by atomic mass is 10.0. The van der Waals surface area contributed by atoms with Crippen molar-refractivity contribution >= 4 is 42.1 Å². The topological polar surface area (TPSA) is 54.0 Å². The number of nitrogens with zero attached hydrogens (tertiary/aromatic N) is 1. The van der Waals surface area contributed by atoms with Crippen molar-refractivity contribution in [3.63, 3.8) is 0 Å². The van der Waals surface area contributed by atoms with Crippen LogP contribution in [0.3, 0.4) is 0 Å². The predicted molar refractivity (Wildman–Crippen MR) is 83.5 cm³/mol. The number of aryl methyl sites for hydroxylation is 1. The summed E-state index contributed by atoms with van der Waals surface area (Å²) in [6, 6.07) is -0.00522. The molecule has 0 unspecified atom stereocenters. The van der Waals surface area contributed by atoms with Crippen LogP contribution in [0, 0.1) is 0 Å². The van der Waals surface area contributed by atoms with E-state index in [1.54, 1.807) is 11.3 Å². The standard InChI is InChI=1S/C12H19N3OS.2ClH/c1-2-9-7-14-11(17-9)8-15-12(16)10-5-3-4-6-13-10;;/h7,10,13H,2-6,8H2,1H3,(H,15,16);2*1H/t10-;;/m1../s1. The second kappa shape index (κ2) is 9.53. The zero-order chi connectivity index (χ0) is 12.1. The molecular formula is C12H21Cl2N3OS. The van der Waals surface area contributed by atoms with E-state index in [0.29, 0.717) is 6.54 Å². The lowest BCUT2D eigenvalue weighted by molar-refractivity contribution is -0.123. The van der Waals surface area contributed by atoms with Gasteiger partial charge in [-0.05, 0) is 25.8 Å². The summed E-state index contributed by atoms with van der Waals surface area (Å²) in [6.45, 7) is 3.62. The average Bonchev–Trinajstić information content (AvgIpc) is 2.85. The van der Waals surface area contributed by atoms with Gasteiger partial charge >= 0.3 is 0 Å². The summed E-state index contributed by atoms with van der Waals surface area (Å²) in [4.78, 5) is 17.4. The Morgan fingerprint density at radius 1 is 1.53 bits per heavy atom. The van der Waals surface area contributed by atoms with Crippen LogP contribution in [0.15, 0.2) is 6.20 Å². The highest BCUT2D eigenvalue weighted by molar-refractivity contribution is 7.11. The molecule has 0 aliphatic carbocycles. The van der Waals surface area contributed by atoms with Crippen molar-refractivity contribution in [1.29, 1.82) is 0 Å². The van der Waals surface area contributed by atoms with Crippen LogP contribution in [-0.4, -0.2) is 23.5 Å². The molecule has 0 aromatic carbocycles. The highest BCUT2D eigenvalue weighted by atomic mass is 35.5. The van der Waals surface area contributed by atoms with E-state index in [0.717, 1.165) is 30.8 Å². The summed E-state index contributed by atoms with van der Waals surface area (Å²) in [6.07, 6.45) is 6.17. The number of amides is 1. The van der Waals surface area contributed by atoms with Gasteiger partial charge in [0.2, 0.25) is 5.91 Å². The van der Waals surface area contributed by atoms with Crippen LogP contribution in [0.25, 0.3) is 0 Å². The normalized spacial score (nSPS) is 18.1. The van der Waals surface area contributed by atoms with Gasteiger partial charge in [-0.1, -0.05) is 13.3 Å². The molecule has 1 aliphatic rings. The number of aromatic nitrogens is 1. The molecule has 0 radical (unpaired) electrons. The summed E-state index contributed by atoms with van der Waals surface area (Å²) >= 11 is 1.68. The van der Waals surface area contributed by atoms with E-state index in [2.05, 4.69) is 22.5 Å². The molecule has 1 aromatic rings. The van der Waals surface area contributed by atoms with E-state index in [4.69, 9.17) is 0 Å². The van der Waals surface area contributed by atoms with Crippen molar-refractivity contribution in [3.8, 4) is 0 Å². The van der Waals surface area contributed by atoms with Crippen LogP contribution in [0.4, 0.5) is 0 Å². The number of piperidine rings is 1. The maximum atomic E-state index is 11.9. The first-order valence-electron chi connectivity index (χ1n) is 6.24. The molecule has 110 valence electrons. The zero-order valence-electron chi connectivity index (χ0n) is 11.0. The zero-order valence-corrected chi connectivity index (χ0v) is 13.4. The monoisotopic (exact) mass is 325 g/mol. The van der Waals surface area contributed by atoms with E-state index >= 15 is 0 Å². The van der Waals surface area contributed by atoms with Crippen LogP contribution >= 0.6 is 36.2 Å². The van der Waals surface area contributed by atoms with E-state index in [-0.39, 0.29) is 36.8 Å². The lowest BCUT2D eigenvalue weighted by Crippen LogP contribution is -2.46. The first-order chi connectivity index (χ1) is 8.29. The fourth-order valence-electron chi connectivity index (χ4n) is 1.95. The molecule has 1 atom stereocenters. The molecule has 2 N–H and O–H groups in total. The molecule has 1 fully saturated rings. The minimum Gasteiger partial charge on any atom is -0.348 e. The maximum absolute atomic E-state index is 11.9. The predicted octanol–water partition coefficient (Wildman–Crippen LogP) is 2.31. The Hall–Kier alpha value is -0.360. The number of halogens is 2. The molecule has 4 nitrogen and oxygen atoms in total. The van der Waals surface area contributed by atoms with E-state index < -0.39 is 0 Å². The molecule has 2 rings (SSSR count). The fourth-order valence-corrected chi connectivity index (χ4v) is 2.76. The number of hydrogen-bond acceptors (Lipinski definition) is 4. The van der Waals surface area contributed by atoms with Crippen molar-refractivity contribution in [2.24, 2.45) is 0 Å². The highest BCUT2D eigenvalue weighted by Crippen LogP contribution is 2.13. The van der Waals surface area contributed by atoms with Gasteiger partial charge in [0.15, 0.2) is 0 Å². The van der Waals surface area contributed by atoms with Crippen LogP contribution in [0.5, 0.6) is 0 Å². The molecule has 1 amide bonds. The van der Waals surface area contributed by atoms with Crippen LogP contribution in [0.2, 0.25) is 0 Å². The van der Waals surface area contributed by atoms with Gasteiger partial charge in [0.1, 0.15) is 5.01 Å². The van der Waals surface area contributed by atoms with E-state index in [1.165, 1.54) is 11.3 Å². The average molecular weight is 326 g/mol. The number of carbonyl (C=O) groups excluding carboxylic acids is 1. The fraction of sp³-hybridized carbons (Fsp3) is 0.667. The van der Waals surface area contributed by atoms with Gasteiger partial charge in [-0.3, -0.25) is 4.79 Å². The summed E-state index contributed by atoms with van der Waals surface area (Å²) in [5, 5.41) is 7.19. The molecule has 7 heteroatoms. The quantitative estimate of drug-likeness (QED) is 0.893. The van der Waals surface area contributed by atoms with Gasteiger partial charge in [-0.15, -0.1) is 36.2 Å². The number of nitrogens with one attached hydrogen (secondary N) is 2. The Morgan fingerprint density at radius 2 is 2.32 bits per heavy atom. The van der Waals surface area contributed by atoms with Crippen molar-refractivity contribution < 1.29 is 4.79 Å². The molecule has 0 saturated carbocycles. The molecular weight excluding hydrogens is 305 g/mol. The summed E-state index contributed by atoms with van der Waals surface area (Å²) < 4.78 is 0. The third kappa shape index (κ3) is 5.65. The Bertz CT molecular complexity index is 381. The third-order valence-electron chi connectivity index (χ3n) is 2.99. The molecule has 0 bridgehead atoms. The lowest BCUT2D eigenvalue weighted by Gasteiger charge is -2.22. The van der Waals surface area contributed by atoms with Gasteiger partial charge in [-0.2, -0.15) is 0 Å². The van der Waals surface area contributed by atoms with Crippen LogP contribution in [-0.2, 0) is 17.8 Å². The van der Waals surface area contributed by atoms with Crippen molar-refractivity contribution in [2.45, 2.75) is 45.2 Å². The summed E-state index contributed by atoms with van der Waals surface area (Å²) in [7, 11) is 0. The highest BCUT2D eigenvalue weighted by Gasteiger charge is 2.20. The number of rotatable bonds is 4. The molecule has 1 saturated heterocycles. The minimum absolute atomic E-state index is 0. The largest absolute Gasteiger partial charge is 0.348 e. The summed E-state index contributed by atoms with van der Waals surface area (Å²) in [5.41, 5.74) is 0. The van der Waals surface area contributed by atoms with Gasteiger partial charge in [0.05, 0.1) is 12.6 Å². The van der Waals surface area contributed by atoms with E-state index in [1.807, 2.05) is 6.20 Å². The Labute approximate surface area is 130 Å². The molecule has 1 aromatic heterocycles. The SMILES string of the molecule is CCc1cnc(CNC(=O)[C@H]2CCCCN2)s1.Cl.Cl. The van der Waals surface area contributed by atoms with Gasteiger partial charge in [-0.25, -0.2) is 4.98 Å². The molecule has 0 spiro atoms. The molecule has 1 aliphatic heterocycles. The maximum Gasteiger partial charge on any atom is 0.237 e. The van der Waals surface area contributed by atoms with Crippen molar-refractivity contribution in [2.75, 3.05) is 6.54 Å². The Balaban J connectivity index is 0.00000162. The van der Waals surface area contributed by atoms with Crippen molar-refractivity contribution in [1.82, 2.24) is 15.6 Å². The first-order valence-corrected chi connectivity index (χ1v) is 7.06.